The van der Waals surface area contributed by atoms with Crippen LogP contribution < -0.4 is 10.1 Å². The third-order valence-corrected chi connectivity index (χ3v) is 8.66. The number of ether oxygens (including phenoxy) is 1. The Bertz CT molecular complexity index is 1140. The van der Waals surface area contributed by atoms with Crippen LogP contribution in [0.1, 0.15) is 86.3 Å². The summed E-state index contributed by atoms with van der Waals surface area (Å²) in [5.74, 6) is 2.76. The Kier molecular flexibility index (Phi) is 7.33. The number of aromatic nitrogens is 7. The van der Waals surface area contributed by atoms with Gasteiger partial charge in [0.05, 0.1) is 19.6 Å². The number of nitrogens with one attached hydrogen (secondary N) is 2. The van der Waals surface area contributed by atoms with Crippen molar-refractivity contribution < 1.29 is 9.53 Å². The van der Waals surface area contributed by atoms with Gasteiger partial charge in [-0.1, -0.05) is 19.1 Å². The van der Waals surface area contributed by atoms with E-state index >= 15 is 0 Å². The van der Waals surface area contributed by atoms with Crippen molar-refractivity contribution in [2.24, 2.45) is 0 Å². The van der Waals surface area contributed by atoms with Gasteiger partial charge in [-0.25, -0.2) is 0 Å². The maximum absolute atomic E-state index is 12.8. The maximum Gasteiger partial charge on any atom is 0.228 e. The Morgan fingerprint density at radius 2 is 1.97 bits per heavy atom. The van der Waals surface area contributed by atoms with Gasteiger partial charge in [0.25, 0.3) is 0 Å². The van der Waals surface area contributed by atoms with E-state index in [0.29, 0.717) is 29.9 Å². The van der Waals surface area contributed by atoms with Crippen LogP contribution in [0.2, 0.25) is 0 Å². The molecule has 3 aromatic rings. The van der Waals surface area contributed by atoms with Gasteiger partial charge in [0.1, 0.15) is 11.6 Å². The number of aromatic amines is 1. The molecule has 0 aliphatic carbocycles. The highest BCUT2D eigenvalue weighted by atomic mass is 32.1. The van der Waals surface area contributed by atoms with E-state index in [1.165, 1.54) is 12.8 Å². The molecule has 3 aromatic heterocycles. The number of thiophene rings is 1. The minimum absolute atomic E-state index is 0.0944. The summed E-state index contributed by atoms with van der Waals surface area (Å²) in [7, 11) is 1.67. The van der Waals surface area contributed by atoms with Crippen LogP contribution in [0.3, 0.4) is 0 Å². The van der Waals surface area contributed by atoms with Crippen LogP contribution in [-0.2, 0) is 11.2 Å². The van der Waals surface area contributed by atoms with Crippen LogP contribution in [0, 0.1) is 6.92 Å². The predicted molar refractivity (Wildman–Crippen MR) is 135 cm³/mol. The van der Waals surface area contributed by atoms with Crippen molar-refractivity contribution >= 4 is 17.2 Å². The predicted octanol–water partition coefficient (Wildman–Crippen LogP) is 2.95. The topological polar surface area (TPSA) is 127 Å². The van der Waals surface area contributed by atoms with Crippen LogP contribution in [0.5, 0.6) is 5.06 Å². The third kappa shape index (κ3) is 5.15. The van der Waals surface area contributed by atoms with E-state index in [4.69, 9.17) is 4.74 Å². The van der Waals surface area contributed by atoms with Crippen molar-refractivity contribution in [2.75, 3.05) is 13.7 Å². The van der Waals surface area contributed by atoms with E-state index in [9.17, 15) is 4.79 Å². The van der Waals surface area contributed by atoms with Gasteiger partial charge in [-0.05, 0) is 51.2 Å². The number of methoxy groups -OCH3 is 1. The zero-order valence-electron chi connectivity index (χ0n) is 21.3. The summed E-state index contributed by atoms with van der Waals surface area (Å²) < 4.78 is 7.80. The molecule has 2 saturated heterocycles. The Balaban J connectivity index is 1.26. The number of hydrogen-bond donors (Lipinski definition) is 2. The monoisotopic (exact) mass is 513 g/mol. The normalized spacial score (nSPS) is 22.8. The van der Waals surface area contributed by atoms with Crippen LogP contribution >= 0.6 is 11.3 Å². The van der Waals surface area contributed by atoms with Gasteiger partial charge in [0.2, 0.25) is 5.91 Å². The number of amides is 1. The zero-order valence-corrected chi connectivity index (χ0v) is 22.2. The fourth-order valence-electron chi connectivity index (χ4n) is 5.89. The van der Waals surface area contributed by atoms with Crippen molar-refractivity contribution in [3.05, 3.63) is 34.5 Å². The largest absolute Gasteiger partial charge is 0.487 e. The number of aryl methyl sites for hydroxylation is 1. The van der Waals surface area contributed by atoms with Gasteiger partial charge in [0, 0.05) is 35.5 Å². The Labute approximate surface area is 215 Å². The molecule has 1 amide bonds. The number of rotatable bonds is 10. The number of carbonyl (C=O) groups excluding carboxylic acids is 1. The number of piperidine rings is 1. The molecule has 0 aromatic carbocycles. The van der Waals surface area contributed by atoms with Crippen LogP contribution in [0.4, 0.5) is 0 Å². The second kappa shape index (κ2) is 10.6. The molecule has 2 unspecified atom stereocenters. The van der Waals surface area contributed by atoms with Crippen molar-refractivity contribution in [3.8, 4) is 5.06 Å². The Morgan fingerprint density at radius 3 is 2.61 bits per heavy atom. The minimum atomic E-state index is -0.111. The molecule has 0 radical (unpaired) electrons. The molecule has 5 rings (SSSR count). The Morgan fingerprint density at radius 1 is 1.19 bits per heavy atom. The Hall–Kier alpha value is -2.86. The first-order chi connectivity index (χ1) is 17.4. The highest BCUT2D eigenvalue weighted by Crippen LogP contribution is 2.42. The van der Waals surface area contributed by atoms with Crippen LogP contribution in [-0.4, -0.2) is 71.9 Å². The molecule has 2 fully saturated rings. The average molecular weight is 514 g/mol. The first-order valence-corrected chi connectivity index (χ1v) is 13.6. The quantitative estimate of drug-likeness (QED) is 0.424. The molecular weight excluding hydrogens is 478 g/mol. The van der Waals surface area contributed by atoms with Crippen LogP contribution in [0.15, 0.2) is 12.1 Å². The third-order valence-electron chi connectivity index (χ3n) is 7.50. The SMILES string of the molecule is COc1ccc([C@H](CCN2C3CCC2CC(n2c(C)nnc2C(C)C)C3)NC(=O)Cc2nn[nH]n2)s1. The number of tetrazole rings is 1. The molecule has 36 heavy (non-hydrogen) atoms. The van der Waals surface area contributed by atoms with E-state index in [2.05, 4.69) is 66.4 Å². The number of nitrogens with zero attached hydrogens (tertiary/aromatic N) is 7. The molecular formula is C24H35N9O2S. The summed E-state index contributed by atoms with van der Waals surface area (Å²) in [6.07, 6.45) is 5.63. The molecule has 2 N–H and O–H groups in total. The van der Waals surface area contributed by atoms with E-state index in [0.717, 1.165) is 47.4 Å². The van der Waals surface area contributed by atoms with Gasteiger partial charge in [-0.15, -0.1) is 31.7 Å². The molecule has 5 heterocycles. The highest BCUT2D eigenvalue weighted by Gasteiger charge is 2.42. The molecule has 2 aliphatic heterocycles. The molecule has 11 nitrogen and oxygen atoms in total. The van der Waals surface area contributed by atoms with E-state index < -0.39 is 0 Å². The molecule has 0 saturated carbocycles. The second-order valence-electron chi connectivity index (χ2n) is 10.2. The highest BCUT2D eigenvalue weighted by molar-refractivity contribution is 7.13. The summed E-state index contributed by atoms with van der Waals surface area (Å²) in [6, 6.07) is 5.46. The number of fused-ring (bicyclic) bond motifs is 2. The van der Waals surface area contributed by atoms with Crippen molar-refractivity contribution in [1.29, 1.82) is 0 Å². The van der Waals surface area contributed by atoms with E-state index in [1.54, 1.807) is 18.4 Å². The van der Waals surface area contributed by atoms with Crippen molar-refractivity contribution in [3.63, 3.8) is 0 Å². The van der Waals surface area contributed by atoms with Crippen molar-refractivity contribution in [1.82, 2.24) is 45.6 Å². The molecule has 12 heteroatoms. The second-order valence-corrected chi connectivity index (χ2v) is 11.2. The average Bonchev–Trinajstić information content (AvgIpc) is 3.64. The molecule has 2 aliphatic rings. The molecule has 0 spiro atoms. The molecule has 2 bridgehead atoms. The maximum atomic E-state index is 12.8. The fourth-order valence-corrected chi connectivity index (χ4v) is 6.80. The number of hydrogen-bond acceptors (Lipinski definition) is 9. The summed E-state index contributed by atoms with van der Waals surface area (Å²) in [5.41, 5.74) is 0. The van der Waals surface area contributed by atoms with Gasteiger partial charge < -0.3 is 14.6 Å². The fraction of sp³-hybridized carbons (Fsp3) is 0.667. The molecule has 194 valence electrons. The summed E-state index contributed by atoms with van der Waals surface area (Å²) in [4.78, 5) is 16.5. The van der Waals surface area contributed by atoms with E-state index in [1.807, 2.05) is 12.1 Å². The minimum Gasteiger partial charge on any atom is -0.487 e. The van der Waals surface area contributed by atoms with Crippen molar-refractivity contribution in [2.45, 2.75) is 89.4 Å². The first kappa shape index (κ1) is 24.8. The lowest BCUT2D eigenvalue weighted by Gasteiger charge is -2.40. The standard InChI is InChI=1S/C24H35N9O2S/c1-14(2)24-29-26-15(3)33(24)18-11-16-5-6-17(12-18)32(16)10-9-19(20-7-8-23(35-4)36-20)25-22(34)13-21-27-30-31-28-21/h7-8,14,16-19H,5-6,9-13H2,1-4H3,(H,25,34)(H,27,28,30,31)/t16?,17?,18?,19-/m0/s1. The number of H-pyrrole nitrogens is 1. The smallest absolute Gasteiger partial charge is 0.228 e. The van der Waals surface area contributed by atoms with Crippen LogP contribution in [0.25, 0.3) is 0 Å². The summed E-state index contributed by atoms with van der Waals surface area (Å²) in [5, 5.41) is 26.7. The number of carbonyl (C=O) groups is 1. The summed E-state index contributed by atoms with van der Waals surface area (Å²) in [6.45, 7) is 7.39. The lowest BCUT2D eigenvalue weighted by Crippen LogP contribution is -2.45. The van der Waals surface area contributed by atoms with Gasteiger partial charge in [-0.3, -0.25) is 9.69 Å². The van der Waals surface area contributed by atoms with Gasteiger partial charge >= 0.3 is 0 Å². The first-order valence-electron chi connectivity index (χ1n) is 12.8. The molecule has 3 atom stereocenters. The van der Waals surface area contributed by atoms with E-state index in [-0.39, 0.29) is 18.4 Å². The zero-order chi connectivity index (χ0) is 25.2. The van der Waals surface area contributed by atoms with Gasteiger partial charge in [-0.2, -0.15) is 5.21 Å². The lowest BCUT2D eigenvalue weighted by molar-refractivity contribution is -0.121. The summed E-state index contributed by atoms with van der Waals surface area (Å²) >= 11 is 1.58. The van der Waals surface area contributed by atoms with Gasteiger partial charge in [0.15, 0.2) is 10.9 Å². The lowest BCUT2D eigenvalue weighted by atomic mass is 9.95.